The maximum absolute atomic E-state index is 12.6. The van der Waals surface area contributed by atoms with Crippen molar-refractivity contribution in [1.29, 1.82) is 0 Å². The van der Waals surface area contributed by atoms with Crippen molar-refractivity contribution >= 4 is 13.8 Å². The van der Waals surface area contributed by atoms with Gasteiger partial charge in [0.25, 0.3) is 0 Å². The summed E-state index contributed by atoms with van der Waals surface area (Å²) in [5.41, 5.74) is 5.36. The van der Waals surface area contributed by atoms with Crippen LogP contribution in [0.4, 0.5) is 0 Å². The number of phosphoric acid groups is 1. The van der Waals surface area contributed by atoms with E-state index in [4.69, 9.17) is 24.3 Å². The molecule has 0 heterocycles. The van der Waals surface area contributed by atoms with Crippen molar-refractivity contribution in [1.82, 2.24) is 0 Å². The number of carbonyl (C=O) groups is 1. The molecule has 0 fully saturated rings. The number of rotatable bonds is 40. The van der Waals surface area contributed by atoms with Crippen molar-refractivity contribution < 1.29 is 32.8 Å². The number of esters is 1. The first-order chi connectivity index (χ1) is 26.4. The summed E-state index contributed by atoms with van der Waals surface area (Å²) < 4.78 is 33.1. The lowest BCUT2D eigenvalue weighted by molar-refractivity contribution is -0.153. The van der Waals surface area contributed by atoms with E-state index in [1.807, 2.05) is 6.08 Å². The van der Waals surface area contributed by atoms with Gasteiger partial charge in [0.05, 0.1) is 19.5 Å². The Bertz CT molecular complexity index is 1050. The second-order valence-corrected chi connectivity index (χ2v) is 15.4. The monoisotopic (exact) mass is 778 g/mol. The van der Waals surface area contributed by atoms with Gasteiger partial charge in [-0.1, -0.05) is 139 Å². The largest absolute Gasteiger partial charge is 0.498 e. The number of allylic oxidation sites excluding steroid dienone is 11. The van der Waals surface area contributed by atoms with Crippen molar-refractivity contribution in [2.24, 2.45) is 5.73 Å². The smallest absolute Gasteiger partial charge is 0.472 e. The molecule has 0 amide bonds. The van der Waals surface area contributed by atoms with E-state index in [-0.39, 0.29) is 38.8 Å². The molecule has 0 bridgehead atoms. The Morgan fingerprint density at radius 1 is 0.574 bits per heavy atom. The van der Waals surface area contributed by atoms with Crippen LogP contribution >= 0.6 is 7.82 Å². The average Bonchev–Trinajstić information content (AvgIpc) is 3.16. The number of carbonyl (C=O) groups excluding carboxylic acids is 1. The zero-order valence-corrected chi connectivity index (χ0v) is 35.3. The van der Waals surface area contributed by atoms with Crippen LogP contribution in [-0.2, 0) is 27.9 Å². The van der Waals surface area contributed by atoms with E-state index in [0.717, 1.165) is 51.4 Å². The third-order valence-electron chi connectivity index (χ3n) is 8.66. The Hall–Kier alpha value is -2.22. The maximum atomic E-state index is 12.6. The Morgan fingerprint density at radius 2 is 1.00 bits per heavy atom. The van der Waals surface area contributed by atoms with Crippen LogP contribution in [0.5, 0.6) is 0 Å². The summed E-state index contributed by atoms with van der Waals surface area (Å²) in [5.74, 6) is -0.386. The highest BCUT2D eigenvalue weighted by Gasteiger charge is 2.25. The normalized spacial score (nSPS) is 14.1. The SMILES string of the molecule is CCCCCC=CCC=CCC=CCC=CCCCCCC(=O)O[C@H](COC=CCCCCCCCCC=CCCCCCC)COP(=O)(O)OCCN. The maximum Gasteiger partial charge on any atom is 0.472 e. The van der Waals surface area contributed by atoms with Crippen LogP contribution in [0.25, 0.3) is 0 Å². The van der Waals surface area contributed by atoms with Gasteiger partial charge in [-0.3, -0.25) is 13.8 Å². The Morgan fingerprint density at radius 3 is 1.54 bits per heavy atom. The zero-order valence-electron chi connectivity index (χ0n) is 34.4. The van der Waals surface area contributed by atoms with Gasteiger partial charge in [-0.05, 0) is 96.0 Å². The first-order valence-electron chi connectivity index (χ1n) is 21.5. The number of ether oxygens (including phenoxy) is 2. The quantitative estimate of drug-likeness (QED) is 0.0208. The molecule has 2 atom stereocenters. The minimum absolute atomic E-state index is 0.0123. The lowest BCUT2D eigenvalue weighted by Gasteiger charge is -2.19. The topological polar surface area (TPSA) is 117 Å². The van der Waals surface area contributed by atoms with E-state index in [1.165, 1.54) is 96.3 Å². The molecule has 0 aromatic heterocycles. The summed E-state index contributed by atoms with van der Waals surface area (Å²) in [5, 5.41) is 0. The predicted molar refractivity (Wildman–Crippen MR) is 228 cm³/mol. The number of phosphoric ester groups is 1. The molecular formula is C45H80NO7P. The summed E-state index contributed by atoms with van der Waals surface area (Å²) in [6, 6.07) is 0. The molecular weight excluding hydrogens is 697 g/mol. The van der Waals surface area contributed by atoms with Crippen LogP contribution in [0.1, 0.15) is 174 Å². The molecule has 0 radical (unpaired) electrons. The van der Waals surface area contributed by atoms with Gasteiger partial charge in [-0.25, -0.2) is 4.57 Å². The third kappa shape index (κ3) is 41.0. The van der Waals surface area contributed by atoms with Gasteiger partial charge < -0.3 is 20.1 Å². The molecule has 0 aromatic rings. The standard InChI is InChI=1S/C45H80NO7P/c1-3-5-7-9-11-13-15-17-19-21-22-23-24-26-28-30-32-34-36-38-45(47)53-44(43-52-54(48,49)51-41-39-46)42-50-40-37-35-33-31-29-27-25-20-18-16-14-12-10-8-6-4-2/h11,13-14,16-17,19,22-23,26,28,37,40,44H,3-10,12,15,18,20-21,24-25,27,29-36,38-39,41-43,46H2,1-2H3,(H,48,49)/t44-/m1/s1. The van der Waals surface area contributed by atoms with E-state index in [0.29, 0.717) is 6.42 Å². The molecule has 3 N–H and O–H groups in total. The number of nitrogens with two attached hydrogens (primary N) is 1. The molecule has 54 heavy (non-hydrogen) atoms. The van der Waals surface area contributed by atoms with Crippen molar-refractivity contribution in [3.63, 3.8) is 0 Å². The van der Waals surface area contributed by atoms with Gasteiger partial charge in [0.15, 0.2) is 6.10 Å². The minimum atomic E-state index is -4.31. The van der Waals surface area contributed by atoms with Gasteiger partial charge in [0.1, 0.15) is 6.61 Å². The van der Waals surface area contributed by atoms with Gasteiger partial charge in [0.2, 0.25) is 0 Å². The molecule has 9 heteroatoms. The molecule has 8 nitrogen and oxygen atoms in total. The highest BCUT2D eigenvalue weighted by molar-refractivity contribution is 7.47. The van der Waals surface area contributed by atoms with E-state index in [9.17, 15) is 14.3 Å². The summed E-state index contributed by atoms with van der Waals surface area (Å²) in [7, 11) is -4.31. The van der Waals surface area contributed by atoms with Crippen LogP contribution in [-0.4, -0.2) is 43.3 Å². The van der Waals surface area contributed by atoms with Crippen LogP contribution < -0.4 is 5.73 Å². The van der Waals surface area contributed by atoms with Crippen molar-refractivity contribution in [2.45, 2.75) is 180 Å². The van der Waals surface area contributed by atoms with Gasteiger partial charge in [0, 0.05) is 13.0 Å². The molecule has 0 aliphatic carbocycles. The fourth-order valence-electron chi connectivity index (χ4n) is 5.47. The molecule has 0 saturated heterocycles. The van der Waals surface area contributed by atoms with E-state index >= 15 is 0 Å². The highest BCUT2D eigenvalue weighted by atomic mass is 31.2. The van der Waals surface area contributed by atoms with E-state index in [2.05, 4.69) is 74.6 Å². The minimum Gasteiger partial charge on any atom is -0.498 e. The van der Waals surface area contributed by atoms with Gasteiger partial charge in [-0.2, -0.15) is 0 Å². The van der Waals surface area contributed by atoms with Crippen LogP contribution in [0.2, 0.25) is 0 Å². The highest BCUT2D eigenvalue weighted by Crippen LogP contribution is 2.43. The molecule has 312 valence electrons. The van der Waals surface area contributed by atoms with Crippen molar-refractivity contribution in [2.75, 3.05) is 26.4 Å². The lowest BCUT2D eigenvalue weighted by Crippen LogP contribution is -2.27. The second kappa shape index (κ2) is 41.9. The average molecular weight is 778 g/mol. The van der Waals surface area contributed by atoms with E-state index < -0.39 is 13.9 Å². The second-order valence-electron chi connectivity index (χ2n) is 13.9. The zero-order chi connectivity index (χ0) is 39.5. The summed E-state index contributed by atoms with van der Waals surface area (Å²) >= 11 is 0. The predicted octanol–water partition coefficient (Wildman–Crippen LogP) is 13.1. The molecule has 0 rings (SSSR count). The molecule has 0 saturated carbocycles. The number of hydrogen-bond acceptors (Lipinski definition) is 7. The van der Waals surface area contributed by atoms with Crippen LogP contribution in [0.15, 0.2) is 73.1 Å². The fraction of sp³-hybridized carbons (Fsp3) is 0.711. The van der Waals surface area contributed by atoms with Crippen molar-refractivity contribution in [3.8, 4) is 0 Å². The van der Waals surface area contributed by atoms with E-state index in [1.54, 1.807) is 6.26 Å². The summed E-state index contributed by atoms with van der Waals surface area (Å²) in [4.78, 5) is 22.4. The molecule has 0 aliphatic heterocycles. The van der Waals surface area contributed by atoms with Crippen LogP contribution in [0, 0.1) is 0 Å². The molecule has 0 aromatic carbocycles. The Kier molecular flexibility index (Phi) is 40.2. The van der Waals surface area contributed by atoms with Gasteiger partial charge in [-0.15, -0.1) is 0 Å². The lowest BCUT2D eigenvalue weighted by atomic mass is 10.1. The van der Waals surface area contributed by atoms with Gasteiger partial charge >= 0.3 is 13.8 Å². The summed E-state index contributed by atoms with van der Waals surface area (Å²) in [6.07, 6.45) is 52.9. The first kappa shape index (κ1) is 51.8. The van der Waals surface area contributed by atoms with Crippen molar-refractivity contribution in [3.05, 3.63) is 73.1 Å². The molecule has 1 unspecified atom stereocenters. The molecule has 0 aliphatic rings. The Balaban J connectivity index is 4.19. The first-order valence-corrected chi connectivity index (χ1v) is 23.0. The summed E-state index contributed by atoms with van der Waals surface area (Å²) in [6.45, 7) is 4.14. The third-order valence-corrected chi connectivity index (χ3v) is 9.64. The Labute approximate surface area is 331 Å². The van der Waals surface area contributed by atoms with Crippen LogP contribution in [0.3, 0.4) is 0 Å². The fourth-order valence-corrected chi connectivity index (χ4v) is 6.23. The molecule has 0 spiro atoms. The number of unbranched alkanes of at least 4 members (excludes halogenated alkanes) is 17. The number of hydrogen-bond donors (Lipinski definition) is 2.